The minimum Gasteiger partial charge on any atom is -0.450 e. The number of nitrogens with one attached hydrogen (secondary N) is 2. The molecule has 0 unspecified atom stereocenters. The number of alkyl carbamates (subject to hydrolysis) is 1. The van der Waals surface area contributed by atoms with Crippen LogP contribution in [-0.2, 0) is 11.3 Å². The van der Waals surface area contributed by atoms with Gasteiger partial charge in [-0.2, -0.15) is 0 Å². The second-order valence-corrected chi connectivity index (χ2v) is 7.00. The summed E-state index contributed by atoms with van der Waals surface area (Å²) in [5.74, 6) is 1.51. The van der Waals surface area contributed by atoms with Gasteiger partial charge in [0.05, 0.1) is 18.8 Å². The van der Waals surface area contributed by atoms with Gasteiger partial charge < -0.3 is 15.0 Å². The zero-order valence-corrected chi connectivity index (χ0v) is 18.5. The van der Waals surface area contributed by atoms with Gasteiger partial charge in [0.15, 0.2) is 5.82 Å². The number of nitrogens with zero attached hydrogens (tertiary/aromatic N) is 6. The third-order valence-electron chi connectivity index (χ3n) is 4.30. The number of carbonyl (C=O) groups excluding carboxylic acids is 1. The van der Waals surface area contributed by atoms with Gasteiger partial charge in [-0.25, -0.2) is 24.7 Å². The van der Waals surface area contributed by atoms with E-state index in [9.17, 15) is 4.79 Å². The van der Waals surface area contributed by atoms with E-state index in [0.29, 0.717) is 18.1 Å². The minimum atomic E-state index is -0.593. The van der Waals surface area contributed by atoms with Crippen molar-refractivity contribution in [2.45, 2.75) is 13.5 Å². The fourth-order valence-electron chi connectivity index (χ4n) is 2.86. The Morgan fingerprint density at radius 1 is 1.09 bits per heavy atom. The Morgan fingerprint density at radius 3 is 2.44 bits per heavy atom. The first-order chi connectivity index (χ1) is 15.5. The van der Waals surface area contributed by atoms with E-state index in [1.165, 1.54) is 0 Å². The molecule has 32 heavy (non-hydrogen) atoms. The molecule has 0 saturated carbocycles. The lowest BCUT2D eigenvalue weighted by Gasteiger charge is -2.15. The summed E-state index contributed by atoms with van der Waals surface area (Å²) in [7, 11) is 5.51. The highest BCUT2D eigenvalue weighted by atomic mass is 16.5. The maximum atomic E-state index is 11.8. The van der Waals surface area contributed by atoms with E-state index in [1.807, 2.05) is 37.2 Å². The maximum absolute atomic E-state index is 11.8. The number of hydrogen-bond acceptors (Lipinski definition) is 8. The van der Waals surface area contributed by atoms with Gasteiger partial charge in [0.1, 0.15) is 5.82 Å². The summed E-state index contributed by atoms with van der Waals surface area (Å²) < 4.78 is 4.92. The molecule has 0 atom stereocenters. The molecule has 1 aromatic carbocycles. The molecule has 10 nitrogen and oxygen atoms in total. The van der Waals surface area contributed by atoms with Crippen molar-refractivity contribution in [2.24, 2.45) is 4.99 Å². The first kappa shape index (κ1) is 22.8. The van der Waals surface area contributed by atoms with Crippen molar-refractivity contribution in [1.82, 2.24) is 30.2 Å². The Morgan fingerprint density at radius 2 is 1.81 bits per heavy atom. The number of anilines is 1. The Balaban J connectivity index is 1.94. The van der Waals surface area contributed by atoms with Gasteiger partial charge >= 0.3 is 6.09 Å². The van der Waals surface area contributed by atoms with Crippen LogP contribution < -0.4 is 10.6 Å². The van der Waals surface area contributed by atoms with Crippen molar-refractivity contribution in [2.75, 3.05) is 33.1 Å². The first-order valence-electron chi connectivity index (χ1n) is 10.0. The maximum Gasteiger partial charge on any atom is 0.413 e. The van der Waals surface area contributed by atoms with E-state index in [1.54, 1.807) is 44.8 Å². The van der Waals surface area contributed by atoms with Crippen LogP contribution in [-0.4, -0.2) is 64.6 Å². The van der Waals surface area contributed by atoms with Crippen molar-refractivity contribution >= 4 is 17.7 Å². The van der Waals surface area contributed by atoms with E-state index in [4.69, 9.17) is 4.74 Å². The lowest BCUT2D eigenvalue weighted by atomic mass is 10.0. The van der Waals surface area contributed by atoms with Crippen LogP contribution in [0.1, 0.15) is 12.7 Å². The number of carbonyl (C=O) groups is 1. The molecule has 2 aromatic heterocycles. The Hall–Kier alpha value is -3.92. The number of rotatable bonds is 6. The predicted molar refractivity (Wildman–Crippen MR) is 123 cm³/mol. The minimum absolute atomic E-state index is 0.241. The average molecular weight is 435 g/mol. The molecule has 3 aromatic rings. The van der Waals surface area contributed by atoms with Crippen molar-refractivity contribution in [3.63, 3.8) is 0 Å². The van der Waals surface area contributed by atoms with Crippen LogP contribution in [0.5, 0.6) is 0 Å². The summed E-state index contributed by atoms with van der Waals surface area (Å²) in [6.07, 6.45) is 6.34. The Bertz CT molecular complexity index is 1070. The largest absolute Gasteiger partial charge is 0.450 e. The van der Waals surface area contributed by atoms with E-state index < -0.39 is 6.09 Å². The molecule has 2 heterocycles. The lowest BCUT2D eigenvalue weighted by molar-refractivity contribution is 0.158. The molecule has 2 N–H and O–H groups in total. The average Bonchev–Trinajstić information content (AvgIpc) is 2.80. The van der Waals surface area contributed by atoms with Crippen molar-refractivity contribution in [3.8, 4) is 22.5 Å². The number of aliphatic imine (C=N–C) groups is 1. The zero-order valence-electron chi connectivity index (χ0n) is 18.5. The number of ether oxygens (including phenoxy) is 1. The summed E-state index contributed by atoms with van der Waals surface area (Å²) in [6, 6.07) is 7.49. The molecule has 1 amide bonds. The smallest absolute Gasteiger partial charge is 0.413 e. The Labute approximate surface area is 186 Å². The lowest BCUT2D eigenvalue weighted by Crippen LogP contribution is -2.36. The van der Waals surface area contributed by atoms with Gasteiger partial charge in [-0.1, -0.05) is 6.07 Å². The fourth-order valence-corrected chi connectivity index (χ4v) is 2.86. The van der Waals surface area contributed by atoms with Gasteiger partial charge in [-0.05, 0) is 44.8 Å². The fraction of sp³-hybridized carbons (Fsp3) is 0.273. The molecule has 0 aliphatic heterocycles. The molecule has 0 radical (unpaired) electrons. The normalized spacial score (nSPS) is 11.3. The summed E-state index contributed by atoms with van der Waals surface area (Å²) in [5.41, 5.74) is 3.17. The molecular formula is C22H26N8O2. The molecule has 10 heteroatoms. The highest BCUT2D eigenvalue weighted by Gasteiger charge is 2.14. The number of hydrogen-bond donors (Lipinski definition) is 2. The molecule has 0 aliphatic carbocycles. The van der Waals surface area contributed by atoms with E-state index >= 15 is 0 Å². The van der Waals surface area contributed by atoms with Crippen LogP contribution in [0.15, 0.2) is 54.0 Å². The van der Waals surface area contributed by atoms with Crippen LogP contribution >= 0.6 is 0 Å². The number of guanidine groups is 1. The molecular weight excluding hydrogens is 408 g/mol. The number of amides is 1. The van der Waals surface area contributed by atoms with Gasteiger partial charge in [-0.3, -0.25) is 10.3 Å². The van der Waals surface area contributed by atoms with E-state index in [2.05, 4.69) is 35.6 Å². The van der Waals surface area contributed by atoms with Crippen LogP contribution in [0.25, 0.3) is 22.5 Å². The van der Waals surface area contributed by atoms with E-state index in [0.717, 1.165) is 22.5 Å². The molecule has 0 aliphatic rings. The first-order valence-corrected chi connectivity index (χ1v) is 10.0. The quantitative estimate of drug-likeness (QED) is 0.449. The third kappa shape index (κ3) is 6.05. The summed E-state index contributed by atoms with van der Waals surface area (Å²) in [6.45, 7) is 2.66. The Kier molecular flexibility index (Phi) is 7.76. The van der Waals surface area contributed by atoms with Crippen LogP contribution in [0, 0.1) is 0 Å². The molecule has 166 valence electrons. The molecule has 0 bridgehead atoms. The van der Waals surface area contributed by atoms with E-state index in [-0.39, 0.29) is 12.6 Å². The zero-order chi connectivity index (χ0) is 22.9. The predicted octanol–water partition coefficient (Wildman–Crippen LogP) is 2.81. The monoisotopic (exact) mass is 434 g/mol. The second-order valence-electron chi connectivity index (χ2n) is 7.00. The second kappa shape index (κ2) is 10.9. The summed E-state index contributed by atoms with van der Waals surface area (Å²) >= 11 is 0. The molecule has 3 rings (SSSR count). The molecule has 0 spiro atoms. The van der Waals surface area contributed by atoms with Crippen molar-refractivity contribution < 1.29 is 9.53 Å². The number of benzene rings is 1. The van der Waals surface area contributed by atoms with Gasteiger partial charge in [0, 0.05) is 43.0 Å². The SMILES string of the molecule is CCOC(=O)NC(=NC)Nc1ccc(-c2cnc(CN(C)C)nc2)cc1-c1ncccn1. The van der Waals surface area contributed by atoms with Crippen molar-refractivity contribution in [1.29, 1.82) is 0 Å². The van der Waals surface area contributed by atoms with Crippen LogP contribution in [0.3, 0.4) is 0 Å². The third-order valence-corrected chi connectivity index (χ3v) is 4.30. The van der Waals surface area contributed by atoms with Gasteiger partial charge in [0.25, 0.3) is 0 Å². The van der Waals surface area contributed by atoms with Gasteiger partial charge in [0.2, 0.25) is 5.96 Å². The van der Waals surface area contributed by atoms with Crippen LogP contribution in [0.2, 0.25) is 0 Å². The van der Waals surface area contributed by atoms with Gasteiger partial charge in [-0.15, -0.1) is 0 Å². The van der Waals surface area contributed by atoms with Crippen molar-refractivity contribution in [3.05, 3.63) is 54.9 Å². The summed E-state index contributed by atoms with van der Waals surface area (Å²) in [4.78, 5) is 35.5. The van der Waals surface area contributed by atoms with Crippen LogP contribution in [0.4, 0.5) is 10.5 Å². The molecule has 0 saturated heterocycles. The molecule has 0 fully saturated rings. The highest BCUT2D eigenvalue weighted by molar-refractivity contribution is 6.04. The topological polar surface area (TPSA) is 118 Å². The number of aromatic nitrogens is 4. The highest BCUT2D eigenvalue weighted by Crippen LogP contribution is 2.30. The summed E-state index contributed by atoms with van der Waals surface area (Å²) in [5, 5.41) is 5.69. The standard InChI is InChI=1S/C22H26N8O2/c1-5-32-22(31)29-21(23-2)28-18-8-7-15(11-17(18)20-24-9-6-10-25-20)16-12-26-19(27-13-16)14-30(3)4/h6-13H,5,14H2,1-4H3,(H2,23,28,29,31).